The van der Waals surface area contributed by atoms with Gasteiger partial charge in [-0.1, -0.05) is 6.07 Å². The van der Waals surface area contributed by atoms with E-state index in [-0.39, 0.29) is 17.1 Å². The van der Waals surface area contributed by atoms with Gasteiger partial charge in [0.05, 0.1) is 0 Å². The van der Waals surface area contributed by atoms with E-state index >= 15 is 0 Å². The Labute approximate surface area is 160 Å². The van der Waals surface area contributed by atoms with Crippen LogP contribution in [0.3, 0.4) is 0 Å². The van der Waals surface area contributed by atoms with E-state index in [4.69, 9.17) is 0 Å². The van der Waals surface area contributed by atoms with Crippen LogP contribution in [0.15, 0.2) is 18.2 Å². The number of aryl methyl sites for hydroxylation is 1. The van der Waals surface area contributed by atoms with E-state index < -0.39 is 0 Å². The maximum Gasteiger partial charge on any atom is 0.253 e. The van der Waals surface area contributed by atoms with Gasteiger partial charge in [-0.05, 0) is 74.5 Å². The molecule has 2 aliphatic heterocycles. The second-order valence-electron chi connectivity index (χ2n) is 8.79. The summed E-state index contributed by atoms with van der Waals surface area (Å²) in [6.45, 7) is 4.91. The van der Waals surface area contributed by atoms with E-state index in [1.807, 2.05) is 4.90 Å². The minimum Gasteiger partial charge on any atom is -0.342 e. The second-order valence-corrected chi connectivity index (χ2v) is 8.79. The van der Waals surface area contributed by atoms with Gasteiger partial charge in [0.15, 0.2) is 0 Å². The molecule has 2 heterocycles. The van der Waals surface area contributed by atoms with Crippen LogP contribution in [0.5, 0.6) is 0 Å². The van der Waals surface area contributed by atoms with Crippen LogP contribution >= 0.6 is 0 Å². The quantitative estimate of drug-likeness (QED) is 0.810. The van der Waals surface area contributed by atoms with Gasteiger partial charge in [0.25, 0.3) is 5.91 Å². The van der Waals surface area contributed by atoms with Crippen LogP contribution < -0.4 is 0 Å². The first-order valence-corrected chi connectivity index (χ1v) is 10.3. The fourth-order valence-electron chi connectivity index (χ4n) is 4.55. The molecule has 1 spiro atoms. The third-order valence-corrected chi connectivity index (χ3v) is 6.84. The molecule has 4 nitrogen and oxygen atoms in total. The lowest BCUT2D eigenvalue weighted by molar-refractivity contribution is -0.130. The first-order chi connectivity index (χ1) is 13.0. The Morgan fingerprint density at radius 1 is 1.15 bits per heavy atom. The topological polar surface area (TPSA) is 40.6 Å². The molecule has 27 heavy (non-hydrogen) atoms. The summed E-state index contributed by atoms with van der Waals surface area (Å²) in [5.74, 6) is 0.640. The molecule has 1 saturated carbocycles. The Hall–Kier alpha value is -1.91. The molecular formula is C22H29FN2O2. The molecule has 146 valence electrons. The zero-order valence-electron chi connectivity index (χ0n) is 16.2. The van der Waals surface area contributed by atoms with E-state index in [9.17, 15) is 14.0 Å². The highest BCUT2D eigenvalue weighted by atomic mass is 19.1. The summed E-state index contributed by atoms with van der Waals surface area (Å²) in [7, 11) is 0. The van der Waals surface area contributed by atoms with Crippen molar-refractivity contribution < 1.29 is 14.0 Å². The number of halogens is 1. The van der Waals surface area contributed by atoms with Crippen LogP contribution in [0.1, 0.15) is 60.9 Å². The maximum absolute atomic E-state index is 13.8. The largest absolute Gasteiger partial charge is 0.342 e. The standard InChI is InChI=1S/C22H29FN2O2/c1-16-2-5-18(14-19(16)23)21(27)24-11-8-22(9-12-24)7-6-20(26)25(13-10-22)15-17-3-4-17/h2,5,14,17H,3-4,6-13,15H2,1H3. The third-order valence-electron chi connectivity index (χ3n) is 6.84. The number of carbonyl (C=O) groups excluding carboxylic acids is 2. The van der Waals surface area contributed by atoms with E-state index in [0.29, 0.717) is 36.5 Å². The minimum atomic E-state index is -0.327. The Morgan fingerprint density at radius 3 is 2.52 bits per heavy atom. The molecule has 0 aromatic heterocycles. The maximum atomic E-state index is 13.8. The Kier molecular flexibility index (Phi) is 4.95. The Morgan fingerprint density at radius 2 is 1.85 bits per heavy atom. The van der Waals surface area contributed by atoms with Gasteiger partial charge in [0.1, 0.15) is 5.82 Å². The predicted molar refractivity (Wildman–Crippen MR) is 102 cm³/mol. The van der Waals surface area contributed by atoms with Crippen molar-refractivity contribution in [2.75, 3.05) is 26.2 Å². The van der Waals surface area contributed by atoms with E-state index in [1.165, 1.54) is 18.9 Å². The van der Waals surface area contributed by atoms with E-state index in [0.717, 1.165) is 44.7 Å². The molecule has 3 aliphatic rings. The van der Waals surface area contributed by atoms with Gasteiger partial charge in [-0.2, -0.15) is 0 Å². The van der Waals surface area contributed by atoms with Gasteiger partial charge in [-0.15, -0.1) is 0 Å². The number of piperidine rings is 1. The van der Waals surface area contributed by atoms with Crippen LogP contribution in [-0.2, 0) is 4.79 Å². The van der Waals surface area contributed by atoms with Gasteiger partial charge in [-0.3, -0.25) is 9.59 Å². The van der Waals surface area contributed by atoms with Crippen molar-refractivity contribution in [1.29, 1.82) is 0 Å². The minimum absolute atomic E-state index is 0.0798. The molecular weight excluding hydrogens is 343 g/mol. The fraction of sp³-hybridized carbons (Fsp3) is 0.636. The number of nitrogens with zero attached hydrogens (tertiary/aromatic N) is 2. The van der Waals surface area contributed by atoms with Crippen LogP contribution in [0.4, 0.5) is 4.39 Å². The van der Waals surface area contributed by atoms with Crippen LogP contribution in [0.25, 0.3) is 0 Å². The molecule has 4 rings (SSSR count). The molecule has 5 heteroatoms. The third kappa shape index (κ3) is 4.02. The lowest BCUT2D eigenvalue weighted by Crippen LogP contribution is -2.43. The van der Waals surface area contributed by atoms with Crippen molar-refractivity contribution in [3.8, 4) is 0 Å². The van der Waals surface area contributed by atoms with Crippen LogP contribution in [0.2, 0.25) is 0 Å². The predicted octanol–water partition coefficient (Wildman–Crippen LogP) is 3.78. The highest BCUT2D eigenvalue weighted by Crippen LogP contribution is 2.42. The van der Waals surface area contributed by atoms with E-state index in [2.05, 4.69) is 4.90 Å². The van der Waals surface area contributed by atoms with Crippen molar-refractivity contribution in [3.63, 3.8) is 0 Å². The molecule has 1 aromatic carbocycles. The highest BCUT2D eigenvalue weighted by molar-refractivity contribution is 5.94. The summed E-state index contributed by atoms with van der Waals surface area (Å²) in [6, 6.07) is 4.73. The van der Waals surface area contributed by atoms with Gasteiger partial charge in [0, 0.05) is 38.2 Å². The number of carbonyl (C=O) groups is 2. The van der Waals surface area contributed by atoms with Crippen LogP contribution in [-0.4, -0.2) is 47.8 Å². The molecule has 1 aliphatic carbocycles. The second kappa shape index (κ2) is 7.25. The first kappa shape index (κ1) is 18.5. The number of hydrogen-bond donors (Lipinski definition) is 0. The van der Waals surface area contributed by atoms with Crippen molar-refractivity contribution in [2.24, 2.45) is 11.3 Å². The van der Waals surface area contributed by atoms with Gasteiger partial charge in [0.2, 0.25) is 5.91 Å². The molecule has 0 atom stereocenters. The Bertz CT molecular complexity index is 736. The molecule has 3 fully saturated rings. The highest BCUT2D eigenvalue weighted by Gasteiger charge is 2.39. The average molecular weight is 372 g/mol. The lowest BCUT2D eigenvalue weighted by atomic mass is 9.73. The summed E-state index contributed by atoms with van der Waals surface area (Å²) in [4.78, 5) is 29.1. The van der Waals surface area contributed by atoms with Crippen molar-refractivity contribution in [1.82, 2.24) is 9.80 Å². The lowest BCUT2D eigenvalue weighted by Gasteiger charge is -2.41. The molecule has 0 bridgehead atoms. The molecule has 0 unspecified atom stereocenters. The smallest absolute Gasteiger partial charge is 0.253 e. The molecule has 2 saturated heterocycles. The fourth-order valence-corrected chi connectivity index (χ4v) is 4.55. The number of amides is 2. The summed E-state index contributed by atoms with van der Waals surface area (Å²) in [5, 5.41) is 0. The normalized spacial score (nSPS) is 22.8. The average Bonchev–Trinajstić information content (AvgIpc) is 3.50. The van der Waals surface area contributed by atoms with E-state index in [1.54, 1.807) is 19.1 Å². The number of rotatable bonds is 3. The number of hydrogen-bond acceptors (Lipinski definition) is 2. The van der Waals surface area contributed by atoms with Crippen molar-refractivity contribution >= 4 is 11.8 Å². The molecule has 2 amide bonds. The Balaban J connectivity index is 1.36. The number of benzene rings is 1. The molecule has 1 aromatic rings. The summed E-state index contributed by atoms with van der Waals surface area (Å²) in [5.41, 5.74) is 1.17. The molecule has 0 radical (unpaired) electrons. The number of likely N-dealkylation sites (tertiary alicyclic amines) is 2. The van der Waals surface area contributed by atoms with Crippen molar-refractivity contribution in [2.45, 2.75) is 51.9 Å². The van der Waals surface area contributed by atoms with Crippen molar-refractivity contribution in [3.05, 3.63) is 35.1 Å². The SMILES string of the molecule is Cc1ccc(C(=O)N2CCC3(CCC(=O)N(CC4CC4)CC3)CC2)cc1F. The summed E-state index contributed by atoms with van der Waals surface area (Å²) < 4.78 is 13.8. The summed E-state index contributed by atoms with van der Waals surface area (Å²) >= 11 is 0. The van der Waals surface area contributed by atoms with Gasteiger partial charge >= 0.3 is 0 Å². The monoisotopic (exact) mass is 372 g/mol. The molecule has 0 N–H and O–H groups in total. The zero-order chi connectivity index (χ0) is 19.0. The summed E-state index contributed by atoms with van der Waals surface area (Å²) in [6.07, 6.45) is 7.05. The van der Waals surface area contributed by atoms with Gasteiger partial charge < -0.3 is 9.80 Å². The first-order valence-electron chi connectivity index (χ1n) is 10.3. The van der Waals surface area contributed by atoms with Crippen LogP contribution in [0, 0.1) is 24.1 Å². The zero-order valence-corrected chi connectivity index (χ0v) is 16.2. The van der Waals surface area contributed by atoms with Gasteiger partial charge in [-0.25, -0.2) is 4.39 Å².